The lowest BCUT2D eigenvalue weighted by Gasteiger charge is -2.17. The summed E-state index contributed by atoms with van der Waals surface area (Å²) in [5.41, 5.74) is 0.562. The average Bonchev–Trinajstić information content (AvgIpc) is 3.17. The standard InChI is InChI=1S/C17H27ClN4O4S/c1-2-8-27-13-5-3-4-10(18)14-17(19-13)22(21-20-14)11-9-12(26-7-6-23)16(25)15(11)24/h11-13,15-16,23-25H,2-9H2,1H3/b14-10-,19-17+/t11?,12?,13?,15-,16+/m0/s1. The molecule has 0 bridgehead atoms. The van der Waals surface area contributed by atoms with E-state index in [1.54, 1.807) is 16.4 Å². The van der Waals surface area contributed by atoms with E-state index in [-0.39, 0.29) is 18.6 Å². The first-order valence-electron chi connectivity index (χ1n) is 9.44. The smallest absolute Gasteiger partial charge is 0.176 e. The molecule has 0 spiro atoms. The normalized spacial score (nSPS) is 34.6. The molecule has 1 fully saturated rings. The van der Waals surface area contributed by atoms with E-state index in [1.807, 2.05) is 0 Å². The molecule has 5 atom stereocenters. The molecule has 1 aliphatic carbocycles. The fraction of sp³-hybridized carbons (Fsp3) is 0.824. The molecule has 8 nitrogen and oxygen atoms in total. The molecule has 152 valence electrons. The van der Waals surface area contributed by atoms with Crippen LogP contribution in [0.1, 0.15) is 45.1 Å². The summed E-state index contributed by atoms with van der Waals surface area (Å²) < 4.78 is 7.04. The number of rotatable bonds is 7. The van der Waals surface area contributed by atoms with Gasteiger partial charge in [-0.3, -0.25) is 4.99 Å². The zero-order valence-electron chi connectivity index (χ0n) is 15.4. The van der Waals surface area contributed by atoms with Gasteiger partial charge in [-0.05, 0) is 31.4 Å². The first kappa shape index (κ1) is 21.0. The van der Waals surface area contributed by atoms with E-state index >= 15 is 0 Å². The minimum atomic E-state index is -1.06. The quantitative estimate of drug-likeness (QED) is 0.568. The molecule has 1 aliphatic heterocycles. The Hall–Kier alpha value is -0.710. The molecule has 2 heterocycles. The maximum Gasteiger partial charge on any atom is 0.176 e. The number of aromatic nitrogens is 3. The van der Waals surface area contributed by atoms with E-state index in [2.05, 4.69) is 17.2 Å². The number of aliphatic hydroxyl groups is 3. The van der Waals surface area contributed by atoms with Crippen molar-refractivity contribution in [2.45, 2.75) is 68.8 Å². The number of thioether (sulfide) groups is 1. The minimum absolute atomic E-state index is 0.0932. The van der Waals surface area contributed by atoms with Crippen molar-refractivity contribution in [1.29, 1.82) is 0 Å². The predicted molar refractivity (Wildman–Crippen MR) is 103 cm³/mol. The minimum Gasteiger partial charge on any atom is -0.394 e. The van der Waals surface area contributed by atoms with Crippen molar-refractivity contribution >= 4 is 28.4 Å². The van der Waals surface area contributed by atoms with Gasteiger partial charge in [0.05, 0.1) is 30.7 Å². The Morgan fingerprint density at radius 3 is 2.89 bits per heavy atom. The maximum absolute atomic E-state index is 10.5. The largest absolute Gasteiger partial charge is 0.394 e. The van der Waals surface area contributed by atoms with Crippen molar-refractivity contribution in [3.63, 3.8) is 0 Å². The van der Waals surface area contributed by atoms with Crippen LogP contribution >= 0.6 is 23.4 Å². The summed E-state index contributed by atoms with van der Waals surface area (Å²) in [7, 11) is 0. The molecule has 1 aromatic rings. The van der Waals surface area contributed by atoms with Crippen LogP contribution in [-0.2, 0) is 4.74 Å². The summed E-state index contributed by atoms with van der Waals surface area (Å²) in [4.78, 5) is 4.86. The zero-order valence-corrected chi connectivity index (χ0v) is 16.9. The Balaban J connectivity index is 1.96. The van der Waals surface area contributed by atoms with E-state index in [4.69, 9.17) is 26.4 Å². The Kier molecular flexibility index (Phi) is 7.52. The van der Waals surface area contributed by atoms with Crippen LogP contribution in [0, 0.1) is 0 Å². The Labute approximate surface area is 167 Å². The van der Waals surface area contributed by atoms with Gasteiger partial charge >= 0.3 is 0 Å². The van der Waals surface area contributed by atoms with Crippen molar-refractivity contribution < 1.29 is 20.1 Å². The van der Waals surface area contributed by atoms with E-state index in [9.17, 15) is 10.2 Å². The van der Waals surface area contributed by atoms with Crippen LogP contribution in [0.2, 0.25) is 0 Å². The highest BCUT2D eigenvalue weighted by Gasteiger charge is 2.44. The van der Waals surface area contributed by atoms with Gasteiger partial charge in [-0.1, -0.05) is 23.7 Å². The van der Waals surface area contributed by atoms with Crippen molar-refractivity contribution in [2.24, 2.45) is 4.99 Å². The van der Waals surface area contributed by atoms with Gasteiger partial charge in [0.2, 0.25) is 0 Å². The highest BCUT2D eigenvalue weighted by molar-refractivity contribution is 7.99. The summed E-state index contributed by atoms with van der Waals surface area (Å²) in [6, 6.07) is -0.510. The molecule has 3 rings (SSSR count). The van der Waals surface area contributed by atoms with Crippen LogP contribution in [0.15, 0.2) is 4.99 Å². The predicted octanol–water partition coefficient (Wildman–Crippen LogP) is -0.0580. The molecular formula is C17H27ClN4O4S. The topological polar surface area (TPSA) is 113 Å². The van der Waals surface area contributed by atoms with Crippen LogP contribution in [0.3, 0.4) is 0 Å². The second-order valence-corrected chi connectivity index (χ2v) is 8.62. The molecule has 10 heteroatoms. The number of ether oxygens (including phenoxy) is 1. The number of hydrogen-bond acceptors (Lipinski definition) is 8. The van der Waals surface area contributed by atoms with Crippen molar-refractivity contribution in [1.82, 2.24) is 15.0 Å². The zero-order chi connectivity index (χ0) is 19.4. The fourth-order valence-corrected chi connectivity index (χ4v) is 4.78. The van der Waals surface area contributed by atoms with Crippen LogP contribution < -0.4 is 10.8 Å². The summed E-state index contributed by atoms with van der Waals surface area (Å²) in [5, 5.41) is 39.5. The van der Waals surface area contributed by atoms with Gasteiger partial charge < -0.3 is 20.1 Å². The molecule has 3 N–H and O–H groups in total. The molecule has 0 radical (unpaired) electrons. The second kappa shape index (κ2) is 9.67. The first-order valence-corrected chi connectivity index (χ1v) is 10.9. The van der Waals surface area contributed by atoms with Crippen molar-refractivity contribution in [3.05, 3.63) is 10.8 Å². The van der Waals surface area contributed by atoms with Crippen LogP contribution in [0.25, 0.3) is 5.03 Å². The number of aliphatic hydroxyl groups excluding tert-OH is 3. The van der Waals surface area contributed by atoms with E-state index < -0.39 is 24.4 Å². The van der Waals surface area contributed by atoms with E-state index in [1.165, 1.54) is 0 Å². The monoisotopic (exact) mass is 418 g/mol. The average molecular weight is 419 g/mol. The third kappa shape index (κ3) is 4.65. The number of nitrogens with zero attached hydrogens (tertiary/aromatic N) is 4. The fourth-order valence-electron chi connectivity index (χ4n) is 3.51. The van der Waals surface area contributed by atoms with Gasteiger partial charge in [0.15, 0.2) is 5.49 Å². The van der Waals surface area contributed by atoms with E-state index in [0.29, 0.717) is 22.3 Å². The summed E-state index contributed by atoms with van der Waals surface area (Å²) in [6.45, 7) is 2.11. The molecule has 0 aromatic carbocycles. The summed E-state index contributed by atoms with van der Waals surface area (Å²) in [5.74, 6) is 1.02. The number of fused-ring (bicyclic) bond motifs is 1. The molecule has 0 saturated heterocycles. The number of hydrogen-bond donors (Lipinski definition) is 3. The molecule has 1 aromatic heterocycles. The summed E-state index contributed by atoms with van der Waals surface area (Å²) >= 11 is 8.23. The van der Waals surface area contributed by atoms with Crippen LogP contribution in [0.4, 0.5) is 0 Å². The summed E-state index contributed by atoms with van der Waals surface area (Å²) in [6.07, 6.45) is 1.34. The van der Waals surface area contributed by atoms with Crippen LogP contribution in [-0.4, -0.2) is 73.0 Å². The van der Waals surface area contributed by atoms with Gasteiger partial charge in [-0.2, -0.15) is 0 Å². The van der Waals surface area contributed by atoms with Gasteiger partial charge in [0.25, 0.3) is 0 Å². The van der Waals surface area contributed by atoms with Crippen LogP contribution in [0.5, 0.6) is 0 Å². The first-order chi connectivity index (χ1) is 13.1. The molecule has 0 amide bonds. The highest BCUT2D eigenvalue weighted by atomic mass is 35.5. The lowest BCUT2D eigenvalue weighted by Crippen LogP contribution is -2.39. The number of halogens is 1. The van der Waals surface area contributed by atoms with Crippen molar-refractivity contribution in [3.8, 4) is 0 Å². The highest BCUT2D eigenvalue weighted by Crippen LogP contribution is 2.31. The van der Waals surface area contributed by atoms with Crippen molar-refractivity contribution in [2.75, 3.05) is 19.0 Å². The van der Waals surface area contributed by atoms with Gasteiger partial charge in [0, 0.05) is 11.5 Å². The maximum atomic E-state index is 10.5. The lowest BCUT2D eigenvalue weighted by molar-refractivity contribution is -0.0631. The second-order valence-electron chi connectivity index (χ2n) is 6.87. The third-order valence-corrected chi connectivity index (χ3v) is 6.63. The van der Waals surface area contributed by atoms with Gasteiger partial charge in [-0.25, -0.2) is 4.68 Å². The molecule has 2 aliphatic rings. The molecular weight excluding hydrogens is 392 g/mol. The van der Waals surface area contributed by atoms with E-state index in [0.717, 1.165) is 31.4 Å². The molecule has 27 heavy (non-hydrogen) atoms. The SMILES string of the molecule is CCCSC1CCC/C(Cl)=c2/nnn(C3CC(OCCO)[C@@H](O)[C@H]3O)/c2=N/1. The molecule has 1 saturated carbocycles. The van der Waals surface area contributed by atoms with Gasteiger partial charge in [-0.15, -0.1) is 16.9 Å². The van der Waals surface area contributed by atoms with Gasteiger partial charge in [0.1, 0.15) is 17.6 Å². The lowest BCUT2D eigenvalue weighted by atomic mass is 10.2. The Morgan fingerprint density at radius 2 is 2.15 bits per heavy atom. The third-order valence-electron chi connectivity index (χ3n) is 4.89. The Bertz CT molecular complexity index is 746. The Morgan fingerprint density at radius 1 is 1.33 bits per heavy atom. The molecule has 3 unspecified atom stereocenters.